The molecule has 0 spiro atoms. The van der Waals surface area contributed by atoms with Gasteiger partial charge in [0, 0.05) is 18.2 Å². The summed E-state index contributed by atoms with van der Waals surface area (Å²) < 4.78 is 5.56. The number of Topliss-reactive ketones (excluding diaryl/α,β-unsaturated/α-hetero) is 1. The summed E-state index contributed by atoms with van der Waals surface area (Å²) in [6.45, 7) is 4.38. The van der Waals surface area contributed by atoms with Gasteiger partial charge in [-0.2, -0.15) is 0 Å². The fourth-order valence-corrected chi connectivity index (χ4v) is 2.38. The van der Waals surface area contributed by atoms with Gasteiger partial charge in [0.15, 0.2) is 0 Å². The predicted molar refractivity (Wildman–Crippen MR) is 76.9 cm³/mol. The Hall–Kier alpha value is -1.68. The number of thiazole rings is 1. The molecule has 0 saturated heterocycles. The van der Waals surface area contributed by atoms with E-state index in [1.54, 1.807) is 11.3 Å². The number of carbonyl (C=O) groups excluding carboxylic acids is 1. The van der Waals surface area contributed by atoms with Crippen molar-refractivity contribution >= 4 is 17.1 Å². The smallest absolute Gasteiger partial charge is 0.142 e. The van der Waals surface area contributed by atoms with Crippen molar-refractivity contribution in [1.82, 2.24) is 4.98 Å². The Kier molecular flexibility index (Phi) is 4.68. The highest BCUT2D eigenvalue weighted by Gasteiger charge is 2.07. The molecule has 0 radical (unpaired) electrons. The third-order valence-corrected chi connectivity index (χ3v) is 3.51. The van der Waals surface area contributed by atoms with Crippen LogP contribution in [0.5, 0.6) is 5.75 Å². The molecule has 0 N–H and O–H groups in total. The van der Waals surface area contributed by atoms with Crippen LogP contribution in [0.3, 0.4) is 0 Å². The van der Waals surface area contributed by atoms with Crippen molar-refractivity contribution < 1.29 is 9.53 Å². The minimum absolute atomic E-state index is 0.165. The SMILES string of the molecule is Cc1cccc(OCCC(=O)Cc2csc(C)n2)c1. The molecule has 3 nitrogen and oxygen atoms in total. The Labute approximate surface area is 117 Å². The zero-order valence-corrected chi connectivity index (χ0v) is 12.0. The largest absolute Gasteiger partial charge is 0.493 e. The second-order valence-corrected chi connectivity index (χ2v) is 5.55. The molecule has 0 bridgehead atoms. The van der Waals surface area contributed by atoms with Gasteiger partial charge in [-0.15, -0.1) is 11.3 Å². The van der Waals surface area contributed by atoms with Crippen molar-refractivity contribution in [2.75, 3.05) is 6.61 Å². The fraction of sp³-hybridized carbons (Fsp3) is 0.333. The van der Waals surface area contributed by atoms with E-state index in [2.05, 4.69) is 4.98 Å². The minimum Gasteiger partial charge on any atom is -0.493 e. The van der Waals surface area contributed by atoms with Gasteiger partial charge in [0.2, 0.25) is 0 Å². The molecule has 0 fully saturated rings. The average molecular weight is 275 g/mol. The van der Waals surface area contributed by atoms with Crippen molar-refractivity contribution in [2.24, 2.45) is 0 Å². The molecule has 1 aromatic carbocycles. The lowest BCUT2D eigenvalue weighted by Gasteiger charge is -2.05. The standard InChI is InChI=1S/C15H17NO2S/c1-11-4-3-5-15(8-11)18-7-6-14(17)9-13-10-19-12(2)16-13/h3-5,8,10H,6-7,9H2,1-2H3. The van der Waals surface area contributed by atoms with Gasteiger partial charge in [-0.25, -0.2) is 4.98 Å². The molecule has 1 heterocycles. The number of carbonyl (C=O) groups is 1. The van der Waals surface area contributed by atoms with Gasteiger partial charge in [0.1, 0.15) is 11.5 Å². The highest BCUT2D eigenvalue weighted by molar-refractivity contribution is 7.09. The summed E-state index contributed by atoms with van der Waals surface area (Å²) in [7, 11) is 0. The summed E-state index contributed by atoms with van der Waals surface area (Å²) in [6.07, 6.45) is 0.825. The van der Waals surface area contributed by atoms with Gasteiger partial charge >= 0.3 is 0 Å². The molecule has 2 aromatic rings. The Morgan fingerprint density at radius 3 is 2.89 bits per heavy atom. The van der Waals surface area contributed by atoms with E-state index < -0.39 is 0 Å². The van der Waals surface area contributed by atoms with E-state index in [0.717, 1.165) is 22.0 Å². The zero-order chi connectivity index (χ0) is 13.7. The van der Waals surface area contributed by atoms with E-state index in [1.807, 2.05) is 43.5 Å². The van der Waals surface area contributed by atoms with Gasteiger partial charge in [-0.05, 0) is 31.5 Å². The highest BCUT2D eigenvalue weighted by atomic mass is 32.1. The topological polar surface area (TPSA) is 39.2 Å². The Morgan fingerprint density at radius 1 is 1.37 bits per heavy atom. The number of benzene rings is 1. The van der Waals surface area contributed by atoms with Crippen molar-refractivity contribution in [1.29, 1.82) is 0 Å². The first kappa shape index (κ1) is 13.7. The monoisotopic (exact) mass is 275 g/mol. The second-order valence-electron chi connectivity index (χ2n) is 4.49. The molecule has 0 aliphatic rings. The molecular weight excluding hydrogens is 258 g/mol. The number of ether oxygens (including phenoxy) is 1. The number of ketones is 1. The molecular formula is C15H17NO2S. The number of hydrogen-bond acceptors (Lipinski definition) is 4. The Balaban J connectivity index is 1.75. The molecule has 19 heavy (non-hydrogen) atoms. The maximum Gasteiger partial charge on any atom is 0.142 e. The Morgan fingerprint density at radius 2 is 2.21 bits per heavy atom. The van der Waals surface area contributed by atoms with E-state index in [0.29, 0.717) is 19.4 Å². The third-order valence-electron chi connectivity index (χ3n) is 2.68. The average Bonchev–Trinajstić information content (AvgIpc) is 2.75. The summed E-state index contributed by atoms with van der Waals surface area (Å²) in [5.74, 6) is 0.982. The molecule has 1 aromatic heterocycles. The predicted octanol–water partition coefficient (Wildman–Crippen LogP) is 3.34. The van der Waals surface area contributed by atoms with Crippen LogP contribution in [0.2, 0.25) is 0 Å². The van der Waals surface area contributed by atoms with Crippen LogP contribution in [-0.2, 0) is 11.2 Å². The lowest BCUT2D eigenvalue weighted by molar-refractivity contribution is -0.118. The van der Waals surface area contributed by atoms with Crippen LogP contribution in [0.4, 0.5) is 0 Å². The van der Waals surface area contributed by atoms with Crippen LogP contribution >= 0.6 is 11.3 Å². The molecule has 2 rings (SSSR count). The van der Waals surface area contributed by atoms with E-state index in [9.17, 15) is 4.79 Å². The van der Waals surface area contributed by atoms with E-state index in [1.165, 1.54) is 0 Å². The van der Waals surface area contributed by atoms with Gasteiger partial charge < -0.3 is 4.74 Å². The van der Waals surface area contributed by atoms with Crippen LogP contribution in [0.15, 0.2) is 29.6 Å². The van der Waals surface area contributed by atoms with Crippen molar-refractivity contribution in [3.8, 4) is 5.75 Å². The first-order chi connectivity index (χ1) is 9.13. The first-order valence-electron chi connectivity index (χ1n) is 6.25. The van der Waals surface area contributed by atoms with Crippen LogP contribution in [-0.4, -0.2) is 17.4 Å². The normalized spacial score (nSPS) is 10.4. The summed E-state index contributed by atoms with van der Waals surface area (Å²) in [4.78, 5) is 16.0. The van der Waals surface area contributed by atoms with Crippen molar-refractivity contribution in [3.05, 3.63) is 45.9 Å². The molecule has 100 valence electrons. The fourth-order valence-electron chi connectivity index (χ4n) is 1.77. The van der Waals surface area contributed by atoms with E-state index in [4.69, 9.17) is 4.74 Å². The molecule has 0 atom stereocenters. The molecule has 0 amide bonds. The summed E-state index contributed by atoms with van der Waals surface area (Å²) in [5, 5.41) is 2.94. The molecule has 0 aliphatic heterocycles. The van der Waals surface area contributed by atoms with Gasteiger partial charge in [-0.1, -0.05) is 12.1 Å². The maximum atomic E-state index is 11.8. The van der Waals surface area contributed by atoms with Gasteiger partial charge in [0.05, 0.1) is 17.3 Å². The van der Waals surface area contributed by atoms with Crippen LogP contribution in [0.1, 0.15) is 22.7 Å². The minimum atomic E-state index is 0.165. The summed E-state index contributed by atoms with van der Waals surface area (Å²) in [6, 6.07) is 7.84. The third kappa shape index (κ3) is 4.48. The van der Waals surface area contributed by atoms with Gasteiger partial charge in [0.25, 0.3) is 0 Å². The van der Waals surface area contributed by atoms with Crippen molar-refractivity contribution in [3.63, 3.8) is 0 Å². The number of rotatable bonds is 6. The molecule has 0 aliphatic carbocycles. The number of aryl methyl sites for hydroxylation is 2. The zero-order valence-electron chi connectivity index (χ0n) is 11.2. The highest BCUT2D eigenvalue weighted by Crippen LogP contribution is 2.13. The van der Waals surface area contributed by atoms with Crippen LogP contribution in [0.25, 0.3) is 0 Å². The lowest BCUT2D eigenvalue weighted by Crippen LogP contribution is -2.09. The summed E-state index contributed by atoms with van der Waals surface area (Å²) >= 11 is 1.57. The quantitative estimate of drug-likeness (QED) is 0.811. The van der Waals surface area contributed by atoms with Crippen molar-refractivity contribution in [2.45, 2.75) is 26.7 Å². The van der Waals surface area contributed by atoms with Crippen LogP contribution in [0, 0.1) is 13.8 Å². The Bertz CT molecular complexity index is 563. The number of nitrogens with zero attached hydrogens (tertiary/aromatic N) is 1. The second kappa shape index (κ2) is 6.48. The number of hydrogen-bond donors (Lipinski definition) is 0. The number of aromatic nitrogens is 1. The molecule has 0 saturated carbocycles. The molecule has 0 unspecified atom stereocenters. The van der Waals surface area contributed by atoms with E-state index in [-0.39, 0.29) is 5.78 Å². The summed E-state index contributed by atoms with van der Waals surface area (Å²) in [5.41, 5.74) is 2.02. The van der Waals surface area contributed by atoms with Gasteiger partial charge in [-0.3, -0.25) is 4.79 Å². The van der Waals surface area contributed by atoms with E-state index >= 15 is 0 Å². The van der Waals surface area contributed by atoms with Crippen LogP contribution < -0.4 is 4.74 Å². The molecule has 4 heteroatoms. The lowest BCUT2D eigenvalue weighted by atomic mass is 10.2. The maximum absolute atomic E-state index is 11.8. The first-order valence-corrected chi connectivity index (χ1v) is 7.13.